The van der Waals surface area contributed by atoms with Crippen molar-refractivity contribution in [2.45, 2.75) is 31.6 Å². The standard InChI is InChI=1S/C12H16F2O5/c1-18-9(16)8-5-11(3-4-15,10(17)19-2)7-12(13,14)6-8/h4,8H,3,5-7H2,1-2H3/t8-,11-/m1/s1. The molecule has 1 aliphatic carbocycles. The van der Waals surface area contributed by atoms with Crippen LogP contribution in [0.1, 0.15) is 25.7 Å². The minimum atomic E-state index is -3.21. The number of carbonyl (C=O) groups is 3. The van der Waals surface area contributed by atoms with Crippen LogP contribution in [0.25, 0.3) is 0 Å². The van der Waals surface area contributed by atoms with Gasteiger partial charge in [0.2, 0.25) is 5.92 Å². The third-order valence-corrected chi connectivity index (χ3v) is 3.41. The molecule has 0 radical (unpaired) electrons. The maximum absolute atomic E-state index is 13.7. The summed E-state index contributed by atoms with van der Waals surface area (Å²) >= 11 is 0. The lowest BCUT2D eigenvalue weighted by Crippen LogP contribution is -2.47. The maximum atomic E-state index is 13.7. The van der Waals surface area contributed by atoms with E-state index in [0.717, 1.165) is 14.2 Å². The predicted octanol–water partition coefficient (Wildman–Crippen LogP) is 1.34. The molecule has 0 bridgehead atoms. The van der Waals surface area contributed by atoms with Crippen LogP contribution in [-0.4, -0.2) is 38.4 Å². The van der Waals surface area contributed by atoms with Crippen molar-refractivity contribution in [3.63, 3.8) is 0 Å². The van der Waals surface area contributed by atoms with Gasteiger partial charge in [0.05, 0.1) is 25.6 Å². The molecule has 5 nitrogen and oxygen atoms in total. The van der Waals surface area contributed by atoms with Crippen LogP contribution in [0.3, 0.4) is 0 Å². The molecule has 1 saturated carbocycles. The summed E-state index contributed by atoms with van der Waals surface area (Å²) in [6.45, 7) is 0. The highest BCUT2D eigenvalue weighted by molar-refractivity contribution is 5.82. The van der Waals surface area contributed by atoms with Crippen molar-refractivity contribution in [3.05, 3.63) is 0 Å². The van der Waals surface area contributed by atoms with E-state index in [0.29, 0.717) is 6.29 Å². The Morgan fingerprint density at radius 2 is 1.89 bits per heavy atom. The Bertz CT molecular complexity index is 382. The number of rotatable bonds is 4. The Hall–Kier alpha value is -1.53. The van der Waals surface area contributed by atoms with Crippen LogP contribution in [0.15, 0.2) is 0 Å². The highest BCUT2D eigenvalue weighted by atomic mass is 19.3. The number of aldehydes is 1. The van der Waals surface area contributed by atoms with E-state index in [9.17, 15) is 23.2 Å². The van der Waals surface area contributed by atoms with Crippen molar-refractivity contribution in [2.24, 2.45) is 11.3 Å². The van der Waals surface area contributed by atoms with E-state index in [1.807, 2.05) is 0 Å². The molecule has 0 heterocycles. The zero-order valence-corrected chi connectivity index (χ0v) is 10.8. The van der Waals surface area contributed by atoms with E-state index < -0.39 is 48.5 Å². The second kappa shape index (κ2) is 5.63. The Morgan fingerprint density at radius 3 is 2.37 bits per heavy atom. The van der Waals surface area contributed by atoms with Gasteiger partial charge in [-0.1, -0.05) is 0 Å². The molecule has 1 aliphatic rings. The van der Waals surface area contributed by atoms with Crippen molar-refractivity contribution >= 4 is 18.2 Å². The van der Waals surface area contributed by atoms with E-state index in [2.05, 4.69) is 9.47 Å². The third-order valence-electron chi connectivity index (χ3n) is 3.41. The van der Waals surface area contributed by atoms with Crippen molar-refractivity contribution in [3.8, 4) is 0 Å². The molecule has 1 rings (SSSR count). The second-order valence-corrected chi connectivity index (χ2v) is 4.80. The number of methoxy groups -OCH3 is 2. The van der Waals surface area contributed by atoms with E-state index in [1.165, 1.54) is 0 Å². The Balaban J connectivity index is 3.11. The van der Waals surface area contributed by atoms with Crippen molar-refractivity contribution in [1.82, 2.24) is 0 Å². The van der Waals surface area contributed by atoms with Crippen LogP contribution in [0.2, 0.25) is 0 Å². The third kappa shape index (κ3) is 3.27. The lowest BCUT2D eigenvalue weighted by atomic mass is 9.66. The van der Waals surface area contributed by atoms with Crippen LogP contribution in [0, 0.1) is 11.3 Å². The fraction of sp³-hybridized carbons (Fsp3) is 0.750. The lowest BCUT2D eigenvalue weighted by molar-refractivity contribution is -0.178. The summed E-state index contributed by atoms with van der Waals surface area (Å²) in [6.07, 6.45) is -1.65. The molecule has 0 saturated heterocycles. The number of hydrogen-bond donors (Lipinski definition) is 0. The number of hydrogen-bond acceptors (Lipinski definition) is 5. The number of ether oxygens (including phenoxy) is 2. The summed E-state index contributed by atoms with van der Waals surface area (Å²) in [7, 11) is 2.16. The molecule has 0 amide bonds. The molecule has 0 spiro atoms. The van der Waals surface area contributed by atoms with Crippen LogP contribution < -0.4 is 0 Å². The molecule has 0 aromatic heterocycles. The summed E-state index contributed by atoms with van der Waals surface area (Å²) in [6, 6.07) is 0. The SMILES string of the molecule is COC(=O)[C@H]1CC(F)(F)C[C@](CC=O)(C(=O)OC)C1. The van der Waals surface area contributed by atoms with Gasteiger partial charge in [-0.2, -0.15) is 0 Å². The topological polar surface area (TPSA) is 69.7 Å². The number of halogens is 2. The number of esters is 2. The fourth-order valence-electron chi connectivity index (χ4n) is 2.65. The highest BCUT2D eigenvalue weighted by Gasteiger charge is 2.55. The summed E-state index contributed by atoms with van der Waals surface area (Å²) in [5.41, 5.74) is -1.66. The normalized spacial score (nSPS) is 29.4. The second-order valence-electron chi connectivity index (χ2n) is 4.80. The first kappa shape index (κ1) is 15.5. The molecule has 0 aromatic carbocycles. The summed E-state index contributed by atoms with van der Waals surface area (Å²) in [4.78, 5) is 33.9. The minimum absolute atomic E-state index is 0.166. The molecular weight excluding hydrogens is 262 g/mol. The van der Waals surface area contributed by atoms with Gasteiger partial charge in [0.1, 0.15) is 6.29 Å². The van der Waals surface area contributed by atoms with Crippen LogP contribution in [0.4, 0.5) is 8.78 Å². The zero-order chi connectivity index (χ0) is 14.7. The Morgan fingerprint density at radius 1 is 1.26 bits per heavy atom. The van der Waals surface area contributed by atoms with Gasteiger partial charge < -0.3 is 14.3 Å². The van der Waals surface area contributed by atoms with E-state index >= 15 is 0 Å². The first-order valence-corrected chi connectivity index (χ1v) is 5.78. The van der Waals surface area contributed by atoms with Gasteiger partial charge in [0, 0.05) is 19.3 Å². The lowest BCUT2D eigenvalue weighted by Gasteiger charge is -2.40. The van der Waals surface area contributed by atoms with Crippen molar-refractivity contribution in [1.29, 1.82) is 0 Å². The Kier molecular flexibility index (Phi) is 4.60. The maximum Gasteiger partial charge on any atom is 0.312 e. The van der Waals surface area contributed by atoms with Gasteiger partial charge in [0.15, 0.2) is 0 Å². The molecule has 108 valence electrons. The van der Waals surface area contributed by atoms with E-state index in [4.69, 9.17) is 0 Å². The summed E-state index contributed by atoms with van der Waals surface area (Å²) in [5, 5.41) is 0. The quantitative estimate of drug-likeness (QED) is 0.573. The molecular formula is C12H16F2O5. The number of carbonyl (C=O) groups excluding carboxylic acids is 3. The van der Waals surface area contributed by atoms with Crippen molar-refractivity contribution in [2.75, 3.05) is 14.2 Å². The Labute approximate surface area is 109 Å². The number of alkyl halides is 2. The van der Waals surface area contributed by atoms with Gasteiger partial charge in [-0.15, -0.1) is 0 Å². The smallest absolute Gasteiger partial charge is 0.312 e. The molecule has 0 aliphatic heterocycles. The zero-order valence-electron chi connectivity index (χ0n) is 10.8. The molecule has 1 fully saturated rings. The molecule has 0 N–H and O–H groups in total. The first-order chi connectivity index (χ1) is 8.80. The molecule has 0 unspecified atom stereocenters. The molecule has 7 heteroatoms. The average Bonchev–Trinajstić information content (AvgIpc) is 2.35. The van der Waals surface area contributed by atoms with Crippen LogP contribution >= 0.6 is 0 Å². The minimum Gasteiger partial charge on any atom is -0.469 e. The monoisotopic (exact) mass is 278 g/mol. The van der Waals surface area contributed by atoms with Crippen LogP contribution in [0.5, 0.6) is 0 Å². The predicted molar refractivity (Wildman–Crippen MR) is 59.4 cm³/mol. The molecule has 2 atom stereocenters. The van der Waals surface area contributed by atoms with Gasteiger partial charge in [-0.3, -0.25) is 9.59 Å². The molecule has 19 heavy (non-hydrogen) atoms. The summed E-state index contributed by atoms with van der Waals surface area (Å²) in [5.74, 6) is -6.03. The largest absolute Gasteiger partial charge is 0.469 e. The van der Waals surface area contributed by atoms with Gasteiger partial charge >= 0.3 is 11.9 Å². The molecule has 0 aromatic rings. The highest BCUT2D eigenvalue weighted by Crippen LogP contribution is 2.49. The van der Waals surface area contributed by atoms with E-state index in [1.54, 1.807) is 0 Å². The van der Waals surface area contributed by atoms with Gasteiger partial charge in [0.25, 0.3) is 0 Å². The fourth-order valence-corrected chi connectivity index (χ4v) is 2.65. The first-order valence-electron chi connectivity index (χ1n) is 5.78. The average molecular weight is 278 g/mol. The van der Waals surface area contributed by atoms with Crippen molar-refractivity contribution < 1.29 is 32.6 Å². The van der Waals surface area contributed by atoms with Gasteiger partial charge in [-0.05, 0) is 6.42 Å². The van der Waals surface area contributed by atoms with Crippen LogP contribution in [-0.2, 0) is 23.9 Å². The van der Waals surface area contributed by atoms with E-state index in [-0.39, 0.29) is 6.42 Å². The summed E-state index contributed by atoms with van der Waals surface area (Å²) < 4.78 is 36.4. The van der Waals surface area contributed by atoms with Gasteiger partial charge in [-0.25, -0.2) is 8.78 Å².